The standard InChI is InChI=1S/C22H19FN4O2S/c1-14-20(21(27-29-14)16-4-6-17(23)7-5-16)22(28)25-10-2-3-19-26-18(13-30-19)15-8-11-24-12-9-15/h4-9,11-13H,2-3,10H2,1H3,(H,25,28). The second-order valence-electron chi connectivity index (χ2n) is 6.69. The Kier molecular flexibility index (Phi) is 5.94. The van der Waals surface area contributed by atoms with Gasteiger partial charge in [-0.25, -0.2) is 9.37 Å². The van der Waals surface area contributed by atoms with Gasteiger partial charge in [0.1, 0.15) is 22.8 Å². The summed E-state index contributed by atoms with van der Waals surface area (Å²) in [7, 11) is 0. The van der Waals surface area contributed by atoms with Crippen molar-refractivity contribution < 1.29 is 13.7 Å². The van der Waals surface area contributed by atoms with Crippen molar-refractivity contribution in [3.05, 3.63) is 76.3 Å². The second-order valence-corrected chi connectivity index (χ2v) is 7.63. The first kappa shape index (κ1) is 19.9. The number of hydrogen-bond donors (Lipinski definition) is 1. The van der Waals surface area contributed by atoms with Crippen LogP contribution in [-0.2, 0) is 6.42 Å². The molecule has 3 heterocycles. The minimum Gasteiger partial charge on any atom is -0.360 e. The molecule has 4 aromatic rings. The summed E-state index contributed by atoms with van der Waals surface area (Å²) in [6, 6.07) is 9.67. The van der Waals surface area contributed by atoms with Crippen molar-refractivity contribution in [3.63, 3.8) is 0 Å². The van der Waals surface area contributed by atoms with Crippen molar-refractivity contribution in [1.82, 2.24) is 20.4 Å². The third-order valence-electron chi connectivity index (χ3n) is 4.59. The molecule has 0 saturated carbocycles. The average Bonchev–Trinajstić information content (AvgIpc) is 3.39. The molecule has 1 aromatic carbocycles. The van der Waals surface area contributed by atoms with E-state index in [1.54, 1.807) is 42.8 Å². The number of nitrogens with one attached hydrogen (secondary N) is 1. The smallest absolute Gasteiger partial charge is 0.257 e. The molecule has 8 heteroatoms. The molecular formula is C22H19FN4O2S. The van der Waals surface area contributed by atoms with E-state index in [0.717, 1.165) is 29.1 Å². The quantitative estimate of drug-likeness (QED) is 0.438. The van der Waals surface area contributed by atoms with Crippen LogP contribution >= 0.6 is 11.3 Å². The highest BCUT2D eigenvalue weighted by atomic mass is 32.1. The number of carbonyl (C=O) groups excluding carboxylic acids is 1. The number of benzene rings is 1. The molecular weight excluding hydrogens is 403 g/mol. The number of rotatable bonds is 7. The van der Waals surface area contributed by atoms with Gasteiger partial charge in [0, 0.05) is 41.9 Å². The van der Waals surface area contributed by atoms with Crippen molar-refractivity contribution in [2.24, 2.45) is 0 Å². The highest BCUT2D eigenvalue weighted by Crippen LogP contribution is 2.25. The minimum absolute atomic E-state index is 0.260. The van der Waals surface area contributed by atoms with E-state index in [2.05, 4.69) is 20.4 Å². The number of hydrogen-bond acceptors (Lipinski definition) is 6. The molecule has 30 heavy (non-hydrogen) atoms. The number of carbonyl (C=O) groups is 1. The highest BCUT2D eigenvalue weighted by Gasteiger charge is 2.21. The molecule has 0 aliphatic carbocycles. The molecule has 0 aliphatic heterocycles. The number of pyridine rings is 1. The molecule has 0 saturated heterocycles. The van der Waals surface area contributed by atoms with Crippen molar-refractivity contribution >= 4 is 17.2 Å². The van der Waals surface area contributed by atoms with E-state index in [9.17, 15) is 9.18 Å². The molecule has 6 nitrogen and oxygen atoms in total. The Morgan fingerprint density at radius 1 is 1.13 bits per heavy atom. The van der Waals surface area contributed by atoms with Crippen LogP contribution in [0.4, 0.5) is 4.39 Å². The summed E-state index contributed by atoms with van der Waals surface area (Å²) in [6.45, 7) is 2.18. The van der Waals surface area contributed by atoms with E-state index in [0.29, 0.717) is 29.1 Å². The zero-order valence-electron chi connectivity index (χ0n) is 16.3. The summed E-state index contributed by atoms with van der Waals surface area (Å²) in [5.41, 5.74) is 3.38. The first-order chi connectivity index (χ1) is 14.6. The summed E-state index contributed by atoms with van der Waals surface area (Å²) >= 11 is 1.60. The van der Waals surface area contributed by atoms with Crippen LogP contribution in [0, 0.1) is 12.7 Å². The Balaban J connectivity index is 1.34. The Hall–Kier alpha value is -3.39. The first-order valence-electron chi connectivity index (χ1n) is 9.47. The Morgan fingerprint density at radius 2 is 1.90 bits per heavy atom. The van der Waals surface area contributed by atoms with Gasteiger partial charge in [0.25, 0.3) is 5.91 Å². The van der Waals surface area contributed by atoms with E-state index >= 15 is 0 Å². The number of nitrogens with zero attached hydrogens (tertiary/aromatic N) is 3. The number of thiazole rings is 1. The summed E-state index contributed by atoms with van der Waals surface area (Å²) in [5, 5.41) is 9.93. The summed E-state index contributed by atoms with van der Waals surface area (Å²) in [6.07, 6.45) is 5.02. The lowest BCUT2D eigenvalue weighted by Crippen LogP contribution is -2.25. The van der Waals surface area contributed by atoms with Gasteiger partial charge >= 0.3 is 0 Å². The number of amides is 1. The van der Waals surface area contributed by atoms with Crippen LogP contribution in [0.15, 0.2) is 58.7 Å². The lowest BCUT2D eigenvalue weighted by atomic mass is 10.1. The topological polar surface area (TPSA) is 80.9 Å². The minimum atomic E-state index is -0.348. The molecule has 0 unspecified atom stereocenters. The van der Waals surface area contributed by atoms with Gasteiger partial charge in [0.2, 0.25) is 0 Å². The highest BCUT2D eigenvalue weighted by molar-refractivity contribution is 7.09. The third-order valence-corrected chi connectivity index (χ3v) is 5.50. The Labute approximate surface area is 176 Å². The van der Waals surface area contributed by atoms with Crippen molar-refractivity contribution in [2.45, 2.75) is 19.8 Å². The maximum Gasteiger partial charge on any atom is 0.257 e. The predicted octanol–water partition coefficient (Wildman–Crippen LogP) is 4.67. The third kappa shape index (κ3) is 4.44. The van der Waals surface area contributed by atoms with E-state index in [1.165, 1.54) is 12.1 Å². The van der Waals surface area contributed by atoms with Crippen LogP contribution in [0.2, 0.25) is 0 Å². The van der Waals surface area contributed by atoms with E-state index in [4.69, 9.17) is 4.52 Å². The maximum absolute atomic E-state index is 13.2. The molecule has 0 aliphatic rings. The zero-order valence-corrected chi connectivity index (χ0v) is 17.1. The van der Waals surface area contributed by atoms with Gasteiger partial charge in [0.05, 0.1) is 10.7 Å². The maximum atomic E-state index is 13.2. The normalized spacial score (nSPS) is 10.9. The molecule has 3 aromatic heterocycles. The van der Waals surface area contributed by atoms with E-state index in [1.807, 2.05) is 17.5 Å². The van der Waals surface area contributed by atoms with Gasteiger partial charge in [-0.15, -0.1) is 11.3 Å². The van der Waals surface area contributed by atoms with Gasteiger partial charge in [-0.2, -0.15) is 0 Å². The van der Waals surface area contributed by atoms with Gasteiger partial charge < -0.3 is 9.84 Å². The summed E-state index contributed by atoms with van der Waals surface area (Å²) in [5.74, 6) is -0.183. The zero-order chi connectivity index (χ0) is 20.9. The van der Waals surface area contributed by atoms with Gasteiger partial charge in [-0.05, 0) is 49.7 Å². The molecule has 1 amide bonds. The van der Waals surface area contributed by atoms with Crippen LogP contribution in [0.3, 0.4) is 0 Å². The van der Waals surface area contributed by atoms with Gasteiger partial charge in [-0.1, -0.05) is 5.16 Å². The lowest BCUT2D eigenvalue weighted by Gasteiger charge is -2.05. The van der Waals surface area contributed by atoms with Crippen molar-refractivity contribution in [3.8, 4) is 22.5 Å². The number of aromatic nitrogens is 3. The van der Waals surface area contributed by atoms with Crippen LogP contribution in [0.5, 0.6) is 0 Å². The molecule has 0 spiro atoms. The number of aryl methyl sites for hydroxylation is 2. The summed E-state index contributed by atoms with van der Waals surface area (Å²) in [4.78, 5) is 21.3. The molecule has 152 valence electrons. The largest absolute Gasteiger partial charge is 0.360 e. The monoisotopic (exact) mass is 422 g/mol. The fraction of sp³-hybridized carbons (Fsp3) is 0.182. The first-order valence-corrected chi connectivity index (χ1v) is 10.3. The number of halogens is 1. The second kappa shape index (κ2) is 8.96. The average molecular weight is 422 g/mol. The van der Waals surface area contributed by atoms with E-state index in [-0.39, 0.29) is 11.7 Å². The fourth-order valence-electron chi connectivity index (χ4n) is 3.06. The van der Waals surface area contributed by atoms with Crippen molar-refractivity contribution in [2.75, 3.05) is 6.54 Å². The fourth-order valence-corrected chi connectivity index (χ4v) is 3.90. The molecule has 0 bridgehead atoms. The summed E-state index contributed by atoms with van der Waals surface area (Å²) < 4.78 is 18.4. The molecule has 0 radical (unpaired) electrons. The SMILES string of the molecule is Cc1onc(-c2ccc(F)cc2)c1C(=O)NCCCc1nc(-c2ccncc2)cs1. The molecule has 1 N–H and O–H groups in total. The van der Waals surface area contributed by atoms with Crippen LogP contribution in [-0.4, -0.2) is 27.6 Å². The van der Waals surface area contributed by atoms with Crippen LogP contribution in [0.1, 0.15) is 27.5 Å². The van der Waals surface area contributed by atoms with Crippen LogP contribution < -0.4 is 5.32 Å². The molecule has 0 fully saturated rings. The van der Waals surface area contributed by atoms with Gasteiger partial charge in [-0.3, -0.25) is 9.78 Å². The van der Waals surface area contributed by atoms with E-state index < -0.39 is 0 Å². The van der Waals surface area contributed by atoms with Crippen LogP contribution in [0.25, 0.3) is 22.5 Å². The predicted molar refractivity (Wildman–Crippen MR) is 113 cm³/mol. The lowest BCUT2D eigenvalue weighted by molar-refractivity contribution is 0.0952. The Bertz CT molecular complexity index is 1140. The van der Waals surface area contributed by atoms with Crippen molar-refractivity contribution in [1.29, 1.82) is 0 Å². The molecule has 0 atom stereocenters. The van der Waals surface area contributed by atoms with Gasteiger partial charge in [0.15, 0.2) is 0 Å². The molecule has 4 rings (SSSR count). The Morgan fingerprint density at radius 3 is 2.67 bits per heavy atom.